The first-order valence-electron chi connectivity index (χ1n) is 18.1. The van der Waals surface area contributed by atoms with Crippen molar-refractivity contribution in [2.75, 3.05) is 68.1 Å². The number of hydrogen-bond acceptors (Lipinski definition) is 11. The van der Waals surface area contributed by atoms with E-state index in [1.165, 1.54) is 0 Å². The highest BCUT2D eigenvalue weighted by atomic mass is 79.9. The number of piperidine rings is 1. The van der Waals surface area contributed by atoms with Crippen molar-refractivity contribution >= 4 is 68.1 Å². The van der Waals surface area contributed by atoms with Crippen LogP contribution in [-0.4, -0.2) is 94.4 Å². The molecule has 1 saturated carbocycles. The number of hydrogen-bond donors (Lipinski definition) is 3. The Hall–Kier alpha value is -4.03. The van der Waals surface area contributed by atoms with E-state index in [1.807, 2.05) is 49.1 Å². The Bertz CT molecular complexity index is 2150. The van der Waals surface area contributed by atoms with Crippen LogP contribution in [-0.2, 0) is 11.6 Å². The fraction of sp³-hybridized carbons (Fsp3) is 0.421. The number of anilines is 5. The van der Waals surface area contributed by atoms with Crippen molar-refractivity contribution in [2.24, 2.45) is 7.05 Å². The number of halogens is 1. The lowest BCUT2D eigenvalue weighted by Gasteiger charge is -2.41. The summed E-state index contributed by atoms with van der Waals surface area (Å²) in [5.41, 5.74) is 6.52. The van der Waals surface area contributed by atoms with Gasteiger partial charge in [0, 0.05) is 104 Å². The van der Waals surface area contributed by atoms with Crippen molar-refractivity contribution in [3.63, 3.8) is 0 Å². The van der Waals surface area contributed by atoms with Gasteiger partial charge in [0.25, 0.3) is 0 Å². The van der Waals surface area contributed by atoms with Crippen molar-refractivity contribution < 1.29 is 9.30 Å². The van der Waals surface area contributed by atoms with E-state index in [2.05, 4.69) is 75.1 Å². The molecule has 52 heavy (non-hydrogen) atoms. The molecule has 0 bridgehead atoms. The number of nitrogens with one attached hydrogen (secondary N) is 3. The Morgan fingerprint density at radius 2 is 1.73 bits per heavy atom. The zero-order chi connectivity index (χ0) is 36.0. The standard InChI is InChI=1S/C38H46BrN10O2P/c1-24-5-8-28-31(43-24)9-10-32(36(28)52(3,4)50)44-37-30(39)22-41-38(46-37)45-33-19-29(25-21-42-47(2)23-25)34(20-35(33)51-27-6-7-27)49-15-11-26(12-16-49)48-17-13-40-14-18-48/h5,8-10,19-23,26-27,40H,6-7,11-18H2,1-4H3,(H2,41,44,45,46). The Balaban J connectivity index is 1.12. The van der Waals surface area contributed by atoms with Crippen molar-refractivity contribution in [1.82, 2.24) is 34.9 Å². The SMILES string of the molecule is Cc1ccc2c(P(C)(C)=O)c(Nc3nc(Nc4cc(-c5cnn(C)c5)c(N5CCC(N6CCNCC6)CC5)cc4OC4CC4)ncc3Br)ccc2n1. The summed E-state index contributed by atoms with van der Waals surface area (Å²) in [5.74, 6) is 1.74. The predicted molar refractivity (Wildman–Crippen MR) is 214 cm³/mol. The van der Waals surface area contributed by atoms with Gasteiger partial charge < -0.3 is 30.2 Å². The molecule has 3 N–H and O–H groups in total. The Morgan fingerprint density at radius 1 is 0.942 bits per heavy atom. The summed E-state index contributed by atoms with van der Waals surface area (Å²) in [6.45, 7) is 11.9. The highest BCUT2D eigenvalue weighted by molar-refractivity contribution is 9.10. The highest BCUT2D eigenvalue weighted by Gasteiger charge is 2.30. The topological polar surface area (TPSA) is 125 Å². The van der Waals surface area contributed by atoms with Gasteiger partial charge in [0.2, 0.25) is 5.95 Å². The molecule has 2 aliphatic heterocycles. The second-order valence-corrected chi connectivity index (χ2v) is 18.6. The molecule has 8 rings (SSSR count). The van der Waals surface area contributed by atoms with Gasteiger partial charge in [-0.2, -0.15) is 10.1 Å². The number of piperazine rings is 1. The Kier molecular flexibility index (Phi) is 9.71. The third kappa shape index (κ3) is 7.55. The summed E-state index contributed by atoms with van der Waals surface area (Å²) in [4.78, 5) is 19.4. The van der Waals surface area contributed by atoms with Crippen molar-refractivity contribution in [3.05, 3.63) is 65.2 Å². The monoisotopic (exact) mass is 784 g/mol. The smallest absolute Gasteiger partial charge is 0.229 e. The largest absolute Gasteiger partial charge is 0.488 e. The molecule has 0 unspecified atom stereocenters. The first-order valence-corrected chi connectivity index (χ1v) is 21.5. The number of nitrogens with zero attached hydrogens (tertiary/aromatic N) is 7. The highest BCUT2D eigenvalue weighted by Crippen LogP contribution is 2.44. The fourth-order valence-electron chi connectivity index (χ4n) is 7.44. The number of ether oxygens (including phenoxy) is 1. The molecule has 2 saturated heterocycles. The summed E-state index contributed by atoms with van der Waals surface area (Å²) in [7, 11) is -0.770. The summed E-state index contributed by atoms with van der Waals surface area (Å²) in [6, 6.07) is 12.8. The first-order chi connectivity index (χ1) is 25.1. The van der Waals surface area contributed by atoms with Gasteiger partial charge in [-0.15, -0.1) is 0 Å². The molecule has 0 atom stereocenters. The second-order valence-electron chi connectivity index (χ2n) is 14.6. The van der Waals surface area contributed by atoms with Gasteiger partial charge in [0.1, 0.15) is 18.7 Å². The molecule has 272 valence electrons. The average Bonchev–Trinajstić information content (AvgIpc) is 3.85. The maximum Gasteiger partial charge on any atom is 0.229 e. The lowest BCUT2D eigenvalue weighted by atomic mass is 9.98. The molecule has 12 nitrogen and oxygen atoms in total. The minimum atomic E-state index is -2.72. The molecule has 5 aromatic rings. The number of aromatic nitrogens is 5. The molecule has 0 radical (unpaired) electrons. The zero-order valence-corrected chi connectivity index (χ0v) is 32.7. The quantitative estimate of drug-likeness (QED) is 0.132. The van der Waals surface area contributed by atoms with Gasteiger partial charge in [-0.1, -0.05) is 6.07 Å². The Labute approximate surface area is 313 Å². The van der Waals surface area contributed by atoms with E-state index in [9.17, 15) is 4.57 Å². The van der Waals surface area contributed by atoms with Gasteiger partial charge >= 0.3 is 0 Å². The lowest BCUT2D eigenvalue weighted by molar-refractivity contribution is 0.150. The zero-order valence-electron chi connectivity index (χ0n) is 30.2. The van der Waals surface area contributed by atoms with Gasteiger partial charge in [-0.3, -0.25) is 14.6 Å². The molecule has 3 aromatic heterocycles. The van der Waals surface area contributed by atoms with Crippen LogP contribution in [0.3, 0.4) is 0 Å². The van der Waals surface area contributed by atoms with E-state index in [4.69, 9.17) is 9.72 Å². The van der Waals surface area contributed by atoms with Crippen LogP contribution in [0.5, 0.6) is 5.75 Å². The van der Waals surface area contributed by atoms with E-state index < -0.39 is 7.14 Å². The molecular weight excluding hydrogens is 739 g/mol. The minimum absolute atomic E-state index is 0.197. The van der Waals surface area contributed by atoms with Crippen molar-refractivity contribution in [2.45, 2.75) is 44.8 Å². The van der Waals surface area contributed by atoms with Crippen molar-refractivity contribution in [1.29, 1.82) is 0 Å². The number of aryl methyl sites for hydroxylation is 2. The Morgan fingerprint density at radius 3 is 2.44 bits per heavy atom. The minimum Gasteiger partial charge on any atom is -0.488 e. The molecule has 0 spiro atoms. The van der Waals surface area contributed by atoms with Crippen LogP contribution in [0.2, 0.25) is 0 Å². The van der Waals surface area contributed by atoms with Gasteiger partial charge in [-0.25, -0.2) is 4.98 Å². The van der Waals surface area contributed by atoms with E-state index in [0.29, 0.717) is 22.3 Å². The van der Waals surface area contributed by atoms with E-state index in [0.717, 1.165) is 121 Å². The van der Waals surface area contributed by atoms with E-state index in [-0.39, 0.29) is 6.10 Å². The van der Waals surface area contributed by atoms with E-state index in [1.54, 1.807) is 19.5 Å². The maximum atomic E-state index is 13.7. The normalized spacial score (nSPS) is 17.4. The van der Waals surface area contributed by atoms with Crippen LogP contribution >= 0.6 is 23.1 Å². The number of rotatable bonds is 10. The third-order valence-electron chi connectivity index (χ3n) is 10.2. The van der Waals surface area contributed by atoms with E-state index >= 15 is 0 Å². The van der Waals surface area contributed by atoms with Crippen LogP contribution in [0.4, 0.5) is 28.8 Å². The number of pyridine rings is 1. The molecule has 3 aliphatic rings. The van der Waals surface area contributed by atoms with Crippen molar-refractivity contribution in [3.8, 4) is 16.9 Å². The van der Waals surface area contributed by atoms with Crippen LogP contribution < -0.4 is 30.9 Å². The summed E-state index contributed by atoms with van der Waals surface area (Å²) < 4.78 is 22.8. The number of fused-ring (bicyclic) bond motifs is 1. The third-order valence-corrected chi connectivity index (χ3v) is 12.3. The van der Waals surface area contributed by atoms with Crippen LogP contribution in [0.25, 0.3) is 22.0 Å². The van der Waals surface area contributed by atoms with Crippen LogP contribution in [0.1, 0.15) is 31.4 Å². The number of benzene rings is 2. The molecular formula is C38H46BrN10O2P. The van der Waals surface area contributed by atoms with Gasteiger partial charge in [0.15, 0.2) is 0 Å². The van der Waals surface area contributed by atoms with Crippen LogP contribution in [0.15, 0.2) is 59.5 Å². The molecule has 3 fully saturated rings. The molecule has 1 aliphatic carbocycles. The predicted octanol–water partition coefficient (Wildman–Crippen LogP) is 6.65. The second kappa shape index (κ2) is 14.4. The summed E-state index contributed by atoms with van der Waals surface area (Å²) in [6.07, 6.45) is 10.3. The fourth-order valence-corrected chi connectivity index (χ4v) is 9.21. The lowest BCUT2D eigenvalue weighted by Crippen LogP contribution is -2.52. The first kappa shape index (κ1) is 35.0. The molecule has 2 aromatic carbocycles. The van der Waals surface area contributed by atoms with Crippen LogP contribution in [0, 0.1) is 6.92 Å². The summed E-state index contributed by atoms with van der Waals surface area (Å²) in [5, 5.41) is 16.6. The average molecular weight is 786 g/mol. The molecule has 0 amide bonds. The molecule has 14 heteroatoms. The van der Waals surface area contributed by atoms with Gasteiger partial charge in [-0.05, 0) is 86.1 Å². The molecule has 5 heterocycles. The maximum absolute atomic E-state index is 13.7. The summed E-state index contributed by atoms with van der Waals surface area (Å²) >= 11 is 3.65. The van der Waals surface area contributed by atoms with Gasteiger partial charge in [0.05, 0.1) is 33.7 Å².